The quantitative estimate of drug-likeness (QED) is 0.453. The molecular weight excluding hydrogens is 318 g/mol. The second-order valence-electron chi connectivity index (χ2n) is 7.39. The highest BCUT2D eigenvalue weighted by Crippen LogP contribution is 2.42. The lowest BCUT2D eigenvalue weighted by Crippen LogP contribution is -2.48. The first-order chi connectivity index (χ1) is 11.2. The Balaban J connectivity index is 2.57. The highest BCUT2D eigenvalue weighted by molar-refractivity contribution is 6.77. The van der Waals surface area contributed by atoms with Crippen molar-refractivity contribution < 1.29 is 14.0 Å². The highest BCUT2D eigenvalue weighted by Gasteiger charge is 2.44. The fourth-order valence-corrected chi connectivity index (χ4v) is 9.16. The fourth-order valence-electron chi connectivity index (χ4n) is 3.69. The summed E-state index contributed by atoms with van der Waals surface area (Å²) in [4.78, 5) is 16.0. The Hall–Kier alpha value is -1.20. The Bertz CT molecular complexity index is 481. The average molecular weight is 352 g/mol. The van der Waals surface area contributed by atoms with Crippen LogP contribution in [0.5, 0.6) is 0 Å². The number of carbonyl (C=O) groups excluding carboxylic acids is 1. The van der Waals surface area contributed by atoms with E-state index in [1.165, 1.54) is 0 Å². The van der Waals surface area contributed by atoms with Crippen LogP contribution in [0.2, 0.25) is 16.6 Å². The van der Waals surface area contributed by atoms with Crippen molar-refractivity contribution in [3.8, 4) is 0 Å². The molecule has 0 bridgehead atoms. The zero-order valence-corrected chi connectivity index (χ0v) is 17.2. The minimum Gasteiger partial charge on any atom is -0.458 e. The lowest BCUT2D eigenvalue weighted by atomic mass is 10.3. The summed E-state index contributed by atoms with van der Waals surface area (Å²) in [5.41, 5.74) is 2.03. The van der Waals surface area contributed by atoms with Crippen molar-refractivity contribution in [1.29, 1.82) is 0 Å². The van der Waals surface area contributed by atoms with E-state index in [1.54, 1.807) is 24.4 Å². The fraction of sp³-hybridized carbons (Fsp3) is 0.684. The van der Waals surface area contributed by atoms with Crippen LogP contribution < -0.4 is 0 Å². The average Bonchev–Trinajstić information content (AvgIpc) is 2.51. The molecule has 0 aromatic carbocycles. The smallest absolute Gasteiger partial charge is 0.357 e. The van der Waals surface area contributed by atoms with Crippen molar-refractivity contribution in [1.82, 2.24) is 4.98 Å². The maximum atomic E-state index is 12.0. The van der Waals surface area contributed by atoms with Gasteiger partial charge in [-0.2, -0.15) is 0 Å². The van der Waals surface area contributed by atoms with Gasteiger partial charge >= 0.3 is 5.97 Å². The van der Waals surface area contributed by atoms with Gasteiger partial charge in [-0.1, -0.05) is 47.6 Å². The molecular formula is C19H33NO3Si. The van der Waals surface area contributed by atoms with Crippen molar-refractivity contribution >= 4 is 14.3 Å². The van der Waals surface area contributed by atoms with Gasteiger partial charge in [0.1, 0.15) is 11.8 Å². The van der Waals surface area contributed by atoms with Gasteiger partial charge in [-0.3, -0.25) is 0 Å². The van der Waals surface area contributed by atoms with Gasteiger partial charge in [0.2, 0.25) is 0 Å². The number of aromatic nitrogens is 1. The molecule has 0 fully saturated rings. The molecule has 0 amide bonds. The molecule has 5 heteroatoms. The predicted molar refractivity (Wildman–Crippen MR) is 101 cm³/mol. The van der Waals surface area contributed by atoms with Crippen LogP contribution in [0.3, 0.4) is 0 Å². The van der Waals surface area contributed by atoms with Crippen molar-refractivity contribution in [2.75, 3.05) is 6.61 Å². The molecule has 1 atom stereocenters. The van der Waals surface area contributed by atoms with Crippen molar-refractivity contribution in [3.63, 3.8) is 0 Å². The second kappa shape index (κ2) is 9.32. The summed E-state index contributed by atoms with van der Waals surface area (Å²) in [6.07, 6.45) is 2.12. The number of esters is 1. The second-order valence-corrected chi connectivity index (χ2v) is 12.8. The van der Waals surface area contributed by atoms with E-state index in [0.717, 1.165) is 0 Å². The van der Waals surface area contributed by atoms with Gasteiger partial charge in [-0.25, -0.2) is 9.78 Å². The first-order valence-electron chi connectivity index (χ1n) is 8.97. The van der Waals surface area contributed by atoms with Crippen LogP contribution in [0, 0.1) is 0 Å². The number of rotatable bonds is 9. The van der Waals surface area contributed by atoms with Crippen LogP contribution >= 0.6 is 0 Å². The van der Waals surface area contributed by atoms with E-state index in [1.807, 2.05) is 6.92 Å². The molecule has 0 saturated carbocycles. The minimum absolute atomic E-state index is 0.183. The van der Waals surface area contributed by atoms with Crippen LogP contribution in [0.15, 0.2) is 24.4 Å². The molecule has 0 aliphatic rings. The molecule has 1 aromatic rings. The molecule has 1 heterocycles. The van der Waals surface area contributed by atoms with Gasteiger partial charge in [0.05, 0.1) is 0 Å². The van der Waals surface area contributed by atoms with Gasteiger partial charge in [0, 0.05) is 19.2 Å². The standard InChI is InChI=1S/C19H33NO3Si/c1-14(2)24(15(3)4,16(5)6)22-13-11-17(7)23-19(21)18-10-8-9-12-20-18/h8-10,12,14-17H,11,13H2,1-7H3. The van der Waals surface area contributed by atoms with E-state index >= 15 is 0 Å². The molecule has 1 rings (SSSR count). The summed E-state index contributed by atoms with van der Waals surface area (Å²) >= 11 is 0. The first-order valence-corrected chi connectivity index (χ1v) is 11.1. The molecule has 24 heavy (non-hydrogen) atoms. The van der Waals surface area contributed by atoms with E-state index in [-0.39, 0.29) is 12.1 Å². The van der Waals surface area contributed by atoms with E-state index in [0.29, 0.717) is 35.3 Å². The Morgan fingerprint density at radius 3 is 2.08 bits per heavy atom. The molecule has 0 N–H and O–H groups in total. The van der Waals surface area contributed by atoms with Gasteiger partial charge in [0.15, 0.2) is 8.32 Å². The van der Waals surface area contributed by atoms with E-state index in [9.17, 15) is 4.79 Å². The molecule has 0 saturated heterocycles. The van der Waals surface area contributed by atoms with Crippen LogP contribution in [0.25, 0.3) is 0 Å². The van der Waals surface area contributed by atoms with Crippen LogP contribution in [-0.4, -0.2) is 32.0 Å². The van der Waals surface area contributed by atoms with Crippen LogP contribution in [-0.2, 0) is 9.16 Å². The van der Waals surface area contributed by atoms with Gasteiger partial charge < -0.3 is 9.16 Å². The summed E-state index contributed by atoms with van der Waals surface area (Å²) in [5.74, 6) is -0.372. The summed E-state index contributed by atoms with van der Waals surface area (Å²) in [6, 6.07) is 5.23. The van der Waals surface area contributed by atoms with Crippen LogP contribution in [0.1, 0.15) is 65.4 Å². The maximum Gasteiger partial charge on any atom is 0.357 e. The molecule has 1 unspecified atom stereocenters. The first kappa shape index (κ1) is 20.8. The number of carbonyl (C=O) groups is 1. The summed E-state index contributed by atoms with van der Waals surface area (Å²) in [6.45, 7) is 16.2. The van der Waals surface area contributed by atoms with Gasteiger partial charge in [0.25, 0.3) is 0 Å². The third-order valence-electron chi connectivity index (χ3n) is 4.77. The number of nitrogens with zero attached hydrogens (tertiary/aromatic N) is 1. The minimum atomic E-state index is -1.85. The molecule has 0 spiro atoms. The van der Waals surface area contributed by atoms with E-state index < -0.39 is 8.32 Å². The third-order valence-corrected chi connectivity index (χ3v) is 10.9. The van der Waals surface area contributed by atoms with Gasteiger partial charge in [-0.05, 0) is 35.7 Å². The SMILES string of the molecule is CC(CCO[Si](C(C)C)(C(C)C)C(C)C)OC(=O)c1ccccn1. The zero-order chi connectivity index (χ0) is 18.3. The molecule has 4 nitrogen and oxygen atoms in total. The largest absolute Gasteiger partial charge is 0.458 e. The third kappa shape index (κ3) is 5.15. The Labute approximate surface area is 148 Å². The van der Waals surface area contributed by atoms with E-state index in [2.05, 4.69) is 46.5 Å². The molecule has 136 valence electrons. The molecule has 0 radical (unpaired) electrons. The Morgan fingerprint density at radius 1 is 1.04 bits per heavy atom. The lowest BCUT2D eigenvalue weighted by molar-refractivity contribution is 0.0285. The Kier molecular flexibility index (Phi) is 8.10. The highest BCUT2D eigenvalue weighted by atomic mass is 28.4. The van der Waals surface area contributed by atoms with E-state index in [4.69, 9.17) is 9.16 Å². The number of pyridine rings is 1. The predicted octanol–water partition coefficient (Wildman–Crippen LogP) is 5.21. The maximum absolute atomic E-state index is 12.0. The zero-order valence-electron chi connectivity index (χ0n) is 16.2. The number of ether oxygens (including phenoxy) is 1. The van der Waals surface area contributed by atoms with Crippen molar-refractivity contribution in [3.05, 3.63) is 30.1 Å². The van der Waals surface area contributed by atoms with Crippen LogP contribution in [0.4, 0.5) is 0 Å². The summed E-state index contributed by atoms with van der Waals surface area (Å²) in [5, 5.41) is 0. The lowest BCUT2D eigenvalue weighted by Gasteiger charge is -2.42. The monoisotopic (exact) mass is 351 g/mol. The summed E-state index contributed by atoms with van der Waals surface area (Å²) < 4.78 is 12.0. The normalized spacial score (nSPS) is 13.6. The number of hydrogen-bond donors (Lipinski definition) is 0. The summed E-state index contributed by atoms with van der Waals surface area (Å²) in [7, 11) is -1.85. The molecule has 0 aliphatic carbocycles. The number of hydrogen-bond acceptors (Lipinski definition) is 4. The molecule has 1 aromatic heterocycles. The van der Waals surface area contributed by atoms with Crippen molar-refractivity contribution in [2.45, 2.75) is 77.6 Å². The van der Waals surface area contributed by atoms with Crippen molar-refractivity contribution in [2.24, 2.45) is 0 Å². The Morgan fingerprint density at radius 2 is 1.62 bits per heavy atom. The van der Waals surface area contributed by atoms with Gasteiger partial charge in [-0.15, -0.1) is 0 Å². The topological polar surface area (TPSA) is 48.4 Å². The molecule has 0 aliphatic heterocycles.